The van der Waals surface area contributed by atoms with Crippen LogP contribution in [0.1, 0.15) is 5.56 Å². The number of benzene rings is 1. The maximum Gasteiger partial charge on any atom is 0.331 e. The van der Waals surface area contributed by atoms with Crippen molar-refractivity contribution in [1.29, 1.82) is 0 Å². The highest BCUT2D eigenvalue weighted by Crippen LogP contribution is 2.12. The van der Waals surface area contributed by atoms with Crippen molar-refractivity contribution >= 4 is 41.0 Å². The Bertz CT molecular complexity index is 455. The van der Waals surface area contributed by atoms with Gasteiger partial charge in [0.15, 0.2) is 11.2 Å². The van der Waals surface area contributed by atoms with Gasteiger partial charge in [0.2, 0.25) is 0 Å². The molecule has 0 aliphatic rings. The van der Waals surface area contributed by atoms with Crippen LogP contribution >= 0.6 is 23.2 Å². The number of rotatable bonds is 4. The van der Waals surface area contributed by atoms with Gasteiger partial charge in [-0.15, -0.1) is 11.6 Å². The zero-order valence-electron chi connectivity index (χ0n) is 9.02. The van der Waals surface area contributed by atoms with Gasteiger partial charge in [0.1, 0.15) is 0 Å². The van der Waals surface area contributed by atoms with Crippen LogP contribution in [0.15, 0.2) is 30.3 Å². The molecule has 0 spiro atoms. The van der Waals surface area contributed by atoms with Crippen LogP contribution in [-0.4, -0.2) is 24.2 Å². The summed E-state index contributed by atoms with van der Waals surface area (Å²) < 4.78 is 4.36. The largest absolute Gasteiger partial charge is 0.468 e. The maximum atomic E-state index is 11.4. The molecular formula is C12H10Cl2O3. The first-order valence-corrected chi connectivity index (χ1v) is 5.55. The van der Waals surface area contributed by atoms with E-state index in [1.807, 2.05) is 0 Å². The lowest BCUT2D eigenvalue weighted by Gasteiger charge is -2.02. The van der Waals surface area contributed by atoms with Gasteiger partial charge in [-0.2, -0.15) is 0 Å². The summed E-state index contributed by atoms with van der Waals surface area (Å²) >= 11 is 11.4. The smallest absolute Gasteiger partial charge is 0.331 e. The number of methoxy groups -OCH3 is 1. The zero-order chi connectivity index (χ0) is 12.8. The molecule has 0 heterocycles. The van der Waals surface area contributed by atoms with Gasteiger partial charge in [0.05, 0.1) is 7.11 Å². The average molecular weight is 273 g/mol. The number of ketones is 1. The van der Waals surface area contributed by atoms with E-state index in [-0.39, 0.29) is 0 Å². The fourth-order valence-electron chi connectivity index (χ4n) is 1.09. The normalized spacial score (nSPS) is 12.4. The first kappa shape index (κ1) is 13.7. The van der Waals surface area contributed by atoms with Crippen molar-refractivity contribution in [2.24, 2.45) is 0 Å². The van der Waals surface area contributed by atoms with E-state index in [9.17, 15) is 9.59 Å². The van der Waals surface area contributed by atoms with E-state index >= 15 is 0 Å². The quantitative estimate of drug-likeness (QED) is 0.366. The number of halogens is 2. The van der Waals surface area contributed by atoms with Crippen LogP contribution in [0.4, 0.5) is 0 Å². The van der Waals surface area contributed by atoms with Crippen molar-refractivity contribution in [2.45, 2.75) is 5.38 Å². The molecule has 0 amide bonds. The summed E-state index contributed by atoms with van der Waals surface area (Å²) in [6.45, 7) is 0. The molecule has 1 rings (SSSR count). The third-order valence-electron chi connectivity index (χ3n) is 1.95. The lowest BCUT2D eigenvalue weighted by Crippen LogP contribution is -2.24. The Hall–Kier alpha value is -1.32. The monoisotopic (exact) mass is 272 g/mol. The van der Waals surface area contributed by atoms with Gasteiger partial charge in [0.25, 0.3) is 0 Å². The molecule has 0 N–H and O–H groups in total. The summed E-state index contributed by atoms with van der Waals surface area (Å²) in [5.74, 6) is -1.30. The van der Waals surface area contributed by atoms with Crippen molar-refractivity contribution in [3.8, 4) is 0 Å². The van der Waals surface area contributed by atoms with Crippen LogP contribution < -0.4 is 0 Å². The second kappa shape index (κ2) is 6.42. The third-order valence-corrected chi connectivity index (χ3v) is 2.57. The predicted molar refractivity (Wildman–Crippen MR) is 67.2 cm³/mol. The number of allylic oxidation sites excluding steroid dienone is 1. The lowest BCUT2D eigenvalue weighted by molar-refractivity contribution is -0.142. The Balaban J connectivity index is 2.71. The van der Waals surface area contributed by atoms with Crippen LogP contribution in [0.25, 0.3) is 6.08 Å². The number of alkyl halides is 1. The minimum Gasteiger partial charge on any atom is -0.468 e. The van der Waals surface area contributed by atoms with Gasteiger partial charge in [0, 0.05) is 5.02 Å². The maximum absolute atomic E-state index is 11.4. The summed E-state index contributed by atoms with van der Waals surface area (Å²) in [4.78, 5) is 22.4. The van der Waals surface area contributed by atoms with E-state index in [1.165, 1.54) is 19.3 Å². The molecule has 1 unspecified atom stereocenters. The Morgan fingerprint density at radius 2 is 2.12 bits per heavy atom. The van der Waals surface area contributed by atoms with Crippen molar-refractivity contribution in [3.63, 3.8) is 0 Å². The van der Waals surface area contributed by atoms with E-state index < -0.39 is 17.1 Å². The molecule has 90 valence electrons. The Labute approximate surface area is 109 Å². The first-order chi connectivity index (χ1) is 8.04. The Kier molecular flexibility index (Phi) is 5.19. The Morgan fingerprint density at radius 1 is 1.41 bits per heavy atom. The minimum absolute atomic E-state index is 0.529. The van der Waals surface area contributed by atoms with E-state index in [1.54, 1.807) is 24.3 Å². The topological polar surface area (TPSA) is 43.4 Å². The molecule has 1 aromatic carbocycles. The van der Waals surface area contributed by atoms with Crippen molar-refractivity contribution in [3.05, 3.63) is 40.9 Å². The Morgan fingerprint density at radius 3 is 2.71 bits per heavy atom. The van der Waals surface area contributed by atoms with E-state index in [0.717, 1.165) is 5.56 Å². The molecule has 5 heteroatoms. The molecule has 0 radical (unpaired) electrons. The van der Waals surface area contributed by atoms with Crippen molar-refractivity contribution < 1.29 is 14.3 Å². The second-order valence-corrected chi connectivity index (χ2v) is 4.05. The molecule has 0 saturated heterocycles. The first-order valence-electron chi connectivity index (χ1n) is 4.74. The van der Waals surface area contributed by atoms with Gasteiger partial charge in [-0.05, 0) is 23.8 Å². The number of carbonyl (C=O) groups is 2. The zero-order valence-corrected chi connectivity index (χ0v) is 10.5. The molecule has 0 aromatic heterocycles. The molecule has 0 aliphatic carbocycles. The highest BCUT2D eigenvalue weighted by molar-refractivity contribution is 6.42. The summed E-state index contributed by atoms with van der Waals surface area (Å²) in [5, 5.41) is -0.745. The number of ether oxygens (including phenoxy) is 1. The number of esters is 1. The number of carbonyl (C=O) groups excluding carboxylic acids is 2. The SMILES string of the molecule is COC(=O)C(Cl)C(=O)C=Cc1cccc(Cl)c1. The van der Waals surface area contributed by atoms with E-state index in [0.29, 0.717) is 5.02 Å². The molecule has 0 fully saturated rings. The van der Waals surface area contributed by atoms with Gasteiger partial charge in [-0.1, -0.05) is 29.8 Å². The number of hydrogen-bond donors (Lipinski definition) is 0. The second-order valence-electron chi connectivity index (χ2n) is 3.18. The molecule has 1 atom stereocenters. The highest BCUT2D eigenvalue weighted by atomic mass is 35.5. The van der Waals surface area contributed by atoms with Crippen LogP contribution in [0.3, 0.4) is 0 Å². The van der Waals surface area contributed by atoms with Crippen molar-refractivity contribution in [2.75, 3.05) is 7.11 Å². The molecule has 17 heavy (non-hydrogen) atoms. The molecular weight excluding hydrogens is 263 g/mol. The summed E-state index contributed by atoms with van der Waals surface area (Å²) in [7, 11) is 1.17. The molecule has 0 aliphatic heterocycles. The van der Waals surface area contributed by atoms with E-state index in [2.05, 4.69) is 4.74 Å². The molecule has 1 aromatic rings. The minimum atomic E-state index is -1.31. The van der Waals surface area contributed by atoms with E-state index in [4.69, 9.17) is 23.2 Å². The fraction of sp³-hybridized carbons (Fsp3) is 0.167. The van der Waals surface area contributed by atoms with Gasteiger partial charge >= 0.3 is 5.97 Å². The van der Waals surface area contributed by atoms with Gasteiger partial charge < -0.3 is 4.74 Å². The fourth-order valence-corrected chi connectivity index (χ4v) is 1.45. The average Bonchev–Trinajstić information content (AvgIpc) is 2.34. The summed E-state index contributed by atoms with van der Waals surface area (Å²) in [5.41, 5.74) is 0.750. The highest BCUT2D eigenvalue weighted by Gasteiger charge is 2.22. The van der Waals surface area contributed by atoms with Gasteiger partial charge in [-0.25, -0.2) is 4.79 Å². The van der Waals surface area contributed by atoms with Crippen LogP contribution in [-0.2, 0) is 14.3 Å². The lowest BCUT2D eigenvalue weighted by atomic mass is 10.2. The van der Waals surface area contributed by atoms with Crippen LogP contribution in [0.2, 0.25) is 5.02 Å². The molecule has 3 nitrogen and oxygen atoms in total. The molecule has 0 bridgehead atoms. The van der Waals surface area contributed by atoms with Crippen molar-refractivity contribution in [1.82, 2.24) is 0 Å². The third kappa shape index (κ3) is 4.21. The number of hydrogen-bond acceptors (Lipinski definition) is 3. The standard InChI is InChI=1S/C12H10Cl2O3/c1-17-12(16)11(14)10(15)6-5-8-3-2-4-9(13)7-8/h2-7,11H,1H3. The summed E-state index contributed by atoms with van der Waals surface area (Å²) in [6.07, 6.45) is 2.76. The van der Waals surface area contributed by atoms with Crippen LogP contribution in [0, 0.1) is 0 Å². The van der Waals surface area contributed by atoms with Crippen LogP contribution in [0.5, 0.6) is 0 Å². The summed E-state index contributed by atoms with van der Waals surface area (Å²) in [6, 6.07) is 6.94. The predicted octanol–water partition coefficient (Wildman–Crippen LogP) is 2.70. The molecule has 0 saturated carbocycles. The van der Waals surface area contributed by atoms with Gasteiger partial charge in [-0.3, -0.25) is 4.79 Å².